The van der Waals surface area contributed by atoms with E-state index in [2.05, 4.69) is 62.2 Å². The van der Waals surface area contributed by atoms with E-state index in [0.29, 0.717) is 6.61 Å². The summed E-state index contributed by atoms with van der Waals surface area (Å²) in [5.74, 6) is 0. The van der Waals surface area contributed by atoms with E-state index in [-0.39, 0.29) is 11.5 Å². The van der Waals surface area contributed by atoms with E-state index in [1.165, 1.54) is 15.9 Å². The van der Waals surface area contributed by atoms with Gasteiger partial charge in [0.1, 0.15) is 0 Å². The molecule has 0 aliphatic carbocycles. The molecule has 126 valence electrons. The smallest absolute Gasteiger partial charge is 0.239 e. The van der Waals surface area contributed by atoms with Gasteiger partial charge < -0.3 is 4.43 Å². The van der Waals surface area contributed by atoms with Crippen LogP contribution in [0.25, 0.3) is 0 Å². The molecular weight excluding hydrogens is 314 g/mol. The molecule has 0 aromatic heterocycles. The van der Waals surface area contributed by atoms with Crippen LogP contribution in [0.1, 0.15) is 33.3 Å². The number of rotatable bonds is 6. The fourth-order valence-electron chi connectivity index (χ4n) is 2.54. The molecule has 2 unspecified atom stereocenters. The molecule has 0 aliphatic rings. The van der Waals surface area contributed by atoms with Crippen LogP contribution in [-0.2, 0) is 14.6 Å². The van der Waals surface area contributed by atoms with Crippen LogP contribution in [0.15, 0.2) is 59.6 Å². The minimum Gasteiger partial charge on any atom is -0.409 e. The van der Waals surface area contributed by atoms with Crippen LogP contribution in [0.5, 0.6) is 0 Å². The average molecular weight is 340 g/mol. The second-order valence-electron chi connectivity index (χ2n) is 7.07. The number of hydrogen-bond donors (Lipinski definition) is 0. The van der Waals surface area contributed by atoms with Crippen LogP contribution < -0.4 is 10.4 Å². The first-order valence-corrected chi connectivity index (χ1v) is 9.88. The number of carbonyl (C=O) groups excluding carboxylic acids is 1. The molecule has 0 saturated carbocycles. The lowest BCUT2D eigenvalue weighted by molar-refractivity contribution is 0.310. The van der Waals surface area contributed by atoms with Crippen molar-refractivity contribution in [3.05, 3.63) is 60.2 Å². The molecule has 0 spiro atoms. The van der Waals surface area contributed by atoms with Crippen LogP contribution in [0.2, 0.25) is 0 Å². The molecule has 0 N–H and O–H groups in total. The summed E-state index contributed by atoms with van der Waals surface area (Å²) in [6, 6.07) is 18.8. The Hall–Kier alpha value is -2.00. The molecule has 2 rings (SSSR count). The number of aliphatic imine (C=N–C) groups is 1. The fourth-order valence-corrected chi connectivity index (χ4v) is 4.97. The first kappa shape index (κ1) is 18.3. The molecular formula is C20H25NO2Si. The summed E-state index contributed by atoms with van der Waals surface area (Å²) in [4.78, 5) is 14.2. The summed E-state index contributed by atoms with van der Waals surface area (Å²) in [6.45, 7) is 8.94. The largest absolute Gasteiger partial charge is 0.409 e. The van der Waals surface area contributed by atoms with Crippen LogP contribution >= 0.6 is 0 Å². The third kappa shape index (κ3) is 5.00. The lowest BCUT2D eigenvalue weighted by Crippen LogP contribution is -2.46. The van der Waals surface area contributed by atoms with E-state index >= 15 is 0 Å². The summed E-state index contributed by atoms with van der Waals surface area (Å²) in [6.07, 6.45) is 1.61. The summed E-state index contributed by atoms with van der Waals surface area (Å²) < 4.78 is 6.26. The summed E-state index contributed by atoms with van der Waals surface area (Å²) >= 11 is 0. The molecule has 4 heteroatoms. The molecule has 0 saturated heterocycles. The zero-order valence-electron chi connectivity index (χ0n) is 14.8. The van der Waals surface area contributed by atoms with E-state index in [4.69, 9.17) is 4.43 Å². The fraction of sp³-hybridized carbons (Fsp3) is 0.350. The second kappa shape index (κ2) is 8.20. The van der Waals surface area contributed by atoms with E-state index in [1.54, 1.807) is 6.08 Å². The zero-order chi connectivity index (χ0) is 17.6. The van der Waals surface area contributed by atoms with Gasteiger partial charge in [-0.3, -0.25) is 0 Å². The highest BCUT2D eigenvalue weighted by Crippen LogP contribution is 2.20. The maximum Gasteiger partial charge on any atom is 0.239 e. The van der Waals surface area contributed by atoms with Crippen molar-refractivity contribution < 1.29 is 9.22 Å². The van der Waals surface area contributed by atoms with Crippen LogP contribution in [0.3, 0.4) is 0 Å². The summed E-state index contributed by atoms with van der Waals surface area (Å²) in [5, 5.41) is 2.47. The first-order chi connectivity index (χ1) is 11.4. The Morgan fingerprint density at radius 1 is 1.08 bits per heavy atom. The second-order valence-corrected chi connectivity index (χ2v) is 9.50. The molecule has 2 atom stereocenters. The van der Waals surface area contributed by atoms with Crippen molar-refractivity contribution >= 4 is 25.5 Å². The van der Waals surface area contributed by atoms with Crippen LogP contribution in [-0.4, -0.2) is 27.8 Å². The topological polar surface area (TPSA) is 38.7 Å². The maximum absolute atomic E-state index is 10.4. The standard InChI is InChI=1S/C20H25NO2Si/c1-16(21-15-22)14-23-24(18-10-6-5-7-11-18)19-12-8-9-17(13-19)20(2,3)4/h5-13,16,24H,14H2,1-4H3. The van der Waals surface area contributed by atoms with Crippen molar-refractivity contribution in [3.8, 4) is 0 Å². The molecule has 2 aromatic rings. The Labute approximate surface area is 146 Å². The Morgan fingerprint density at radius 2 is 1.75 bits per heavy atom. The average Bonchev–Trinajstić information content (AvgIpc) is 2.56. The molecule has 0 radical (unpaired) electrons. The quantitative estimate of drug-likeness (QED) is 0.461. The molecule has 0 heterocycles. The number of hydrogen-bond acceptors (Lipinski definition) is 3. The van der Waals surface area contributed by atoms with Crippen molar-refractivity contribution in [1.29, 1.82) is 0 Å². The van der Waals surface area contributed by atoms with Crippen molar-refractivity contribution in [2.75, 3.05) is 6.61 Å². The predicted octanol–water partition coefficient (Wildman–Crippen LogP) is 2.56. The lowest BCUT2D eigenvalue weighted by atomic mass is 9.87. The van der Waals surface area contributed by atoms with Gasteiger partial charge in [0.25, 0.3) is 0 Å². The first-order valence-electron chi connectivity index (χ1n) is 8.26. The highest BCUT2D eigenvalue weighted by atomic mass is 28.3. The third-order valence-corrected chi connectivity index (χ3v) is 6.42. The molecule has 24 heavy (non-hydrogen) atoms. The molecule has 2 aromatic carbocycles. The zero-order valence-corrected chi connectivity index (χ0v) is 16.0. The maximum atomic E-state index is 10.4. The van der Waals surface area contributed by atoms with Crippen molar-refractivity contribution in [2.45, 2.75) is 39.2 Å². The number of benzene rings is 2. The Bertz CT molecular complexity index is 703. The Balaban J connectivity index is 2.34. The van der Waals surface area contributed by atoms with Gasteiger partial charge in [-0.15, -0.1) is 0 Å². The van der Waals surface area contributed by atoms with Gasteiger partial charge in [-0.2, -0.15) is 0 Å². The summed E-state index contributed by atoms with van der Waals surface area (Å²) in [7, 11) is -1.82. The molecule has 0 aliphatic heterocycles. The van der Waals surface area contributed by atoms with Crippen molar-refractivity contribution in [3.63, 3.8) is 0 Å². The van der Waals surface area contributed by atoms with Gasteiger partial charge in [-0.1, -0.05) is 75.4 Å². The van der Waals surface area contributed by atoms with E-state index in [1.807, 2.05) is 25.1 Å². The predicted molar refractivity (Wildman–Crippen MR) is 102 cm³/mol. The highest BCUT2D eigenvalue weighted by molar-refractivity contribution is 6.80. The van der Waals surface area contributed by atoms with Gasteiger partial charge in [0.15, 0.2) is 0 Å². The van der Waals surface area contributed by atoms with Gasteiger partial charge in [0.05, 0.1) is 12.6 Å². The third-order valence-electron chi connectivity index (χ3n) is 3.93. The van der Waals surface area contributed by atoms with E-state index in [9.17, 15) is 4.79 Å². The van der Waals surface area contributed by atoms with E-state index < -0.39 is 9.04 Å². The van der Waals surface area contributed by atoms with Crippen molar-refractivity contribution in [1.82, 2.24) is 0 Å². The number of nitrogens with zero attached hydrogens (tertiary/aromatic N) is 1. The highest BCUT2D eigenvalue weighted by Gasteiger charge is 2.21. The van der Waals surface area contributed by atoms with E-state index in [0.717, 1.165) is 0 Å². The monoisotopic (exact) mass is 339 g/mol. The summed E-state index contributed by atoms with van der Waals surface area (Å²) in [5.41, 5.74) is 1.40. The van der Waals surface area contributed by atoms with Crippen molar-refractivity contribution in [2.24, 2.45) is 4.99 Å². The normalized spacial score (nSPS) is 13.8. The molecule has 3 nitrogen and oxygen atoms in total. The van der Waals surface area contributed by atoms with Gasteiger partial charge in [0, 0.05) is 0 Å². The van der Waals surface area contributed by atoms with Crippen LogP contribution in [0, 0.1) is 0 Å². The van der Waals surface area contributed by atoms with Crippen LogP contribution in [0.4, 0.5) is 0 Å². The minimum absolute atomic E-state index is 0.0980. The molecule has 0 amide bonds. The van der Waals surface area contributed by atoms with Gasteiger partial charge in [0.2, 0.25) is 15.1 Å². The van der Waals surface area contributed by atoms with Gasteiger partial charge >= 0.3 is 0 Å². The molecule has 0 bridgehead atoms. The van der Waals surface area contributed by atoms with Gasteiger partial charge in [-0.05, 0) is 28.3 Å². The lowest BCUT2D eigenvalue weighted by Gasteiger charge is -2.23. The molecule has 0 fully saturated rings. The minimum atomic E-state index is -1.82. The SMILES string of the molecule is CC(CO[SiH](c1ccccc1)c1cccc(C(C)(C)C)c1)N=C=O. The van der Waals surface area contributed by atoms with Gasteiger partial charge in [-0.25, -0.2) is 9.79 Å². The Kier molecular flexibility index (Phi) is 6.27. The number of isocyanates is 1. The Morgan fingerprint density at radius 3 is 2.38 bits per heavy atom.